The Morgan fingerprint density at radius 1 is 1.17 bits per heavy atom. The largest absolute Gasteiger partial charge is 0.350 e. The van der Waals surface area contributed by atoms with Gasteiger partial charge in [0.05, 0.1) is 15.5 Å². The molecule has 0 atom stereocenters. The SMILES string of the molecule is CC(C)NC(=O)c1cc(S(=O)(=O)N2CCCCCC2)ccc1Cl. The topological polar surface area (TPSA) is 66.5 Å². The van der Waals surface area contributed by atoms with Crippen LogP contribution in [0.4, 0.5) is 0 Å². The van der Waals surface area contributed by atoms with Gasteiger partial charge in [-0.2, -0.15) is 4.31 Å². The molecule has 5 nitrogen and oxygen atoms in total. The van der Waals surface area contributed by atoms with Crippen LogP contribution in [0.25, 0.3) is 0 Å². The van der Waals surface area contributed by atoms with Gasteiger partial charge in [0.2, 0.25) is 10.0 Å². The first-order valence-corrected chi connectivity index (χ1v) is 9.75. The van der Waals surface area contributed by atoms with E-state index in [2.05, 4.69) is 5.32 Å². The first kappa shape index (κ1) is 18.2. The van der Waals surface area contributed by atoms with E-state index in [0.29, 0.717) is 13.1 Å². The highest BCUT2D eigenvalue weighted by atomic mass is 35.5. The second-order valence-electron chi connectivity index (χ2n) is 6.09. The van der Waals surface area contributed by atoms with Gasteiger partial charge in [-0.1, -0.05) is 24.4 Å². The lowest BCUT2D eigenvalue weighted by molar-refractivity contribution is 0.0943. The van der Waals surface area contributed by atoms with Crippen LogP contribution in [0.3, 0.4) is 0 Å². The molecule has 0 bridgehead atoms. The van der Waals surface area contributed by atoms with Crippen LogP contribution in [0.2, 0.25) is 5.02 Å². The van der Waals surface area contributed by atoms with Gasteiger partial charge in [-0.15, -0.1) is 0 Å². The van der Waals surface area contributed by atoms with Crippen LogP contribution in [0, 0.1) is 0 Å². The van der Waals surface area contributed by atoms with Crippen molar-refractivity contribution < 1.29 is 13.2 Å². The number of carbonyl (C=O) groups is 1. The second kappa shape index (κ2) is 7.64. The third-order valence-corrected chi connectivity index (χ3v) is 6.03. The van der Waals surface area contributed by atoms with Gasteiger partial charge in [0.1, 0.15) is 0 Å². The highest BCUT2D eigenvalue weighted by molar-refractivity contribution is 7.89. The number of carbonyl (C=O) groups excluding carboxylic acids is 1. The number of nitrogens with zero attached hydrogens (tertiary/aromatic N) is 1. The molecule has 1 heterocycles. The predicted molar refractivity (Wildman–Crippen MR) is 91.3 cm³/mol. The minimum absolute atomic E-state index is 0.0514. The Balaban J connectivity index is 2.33. The van der Waals surface area contributed by atoms with E-state index in [-0.39, 0.29) is 27.4 Å². The molecule has 128 valence electrons. The molecule has 0 aliphatic carbocycles. The Morgan fingerprint density at radius 3 is 2.35 bits per heavy atom. The maximum absolute atomic E-state index is 12.8. The van der Waals surface area contributed by atoms with E-state index in [0.717, 1.165) is 25.7 Å². The molecule has 23 heavy (non-hydrogen) atoms. The number of hydrogen-bond donors (Lipinski definition) is 1. The Labute approximate surface area is 143 Å². The number of benzene rings is 1. The fourth-order valence-electron chi connectivity index (χ4n) is 2.61. The molecule has 1 amide bonds. The number of nitrogens with one attached hydrogen (secondary N) is 1. The fourth-order valence-corrected chi connectivity index (χ4v) is 4.36. The monoisotopic (exact) mass is 358 g/mol. The Hall–Kier alpha value is -1.11. The van der Waals surface area contributed by atoms with Crippen LogP contribution >= 0.6 is 11.6 Å². The fraction of sp³-hybridized carbons (Fsp3) is 0.562. The summed E-state index contributed by atoms with van der Waals surface area (Å²) in [6, 6.07) is 4.26. The van der Waals surface area contributed by atoms with Crippen molar-refractivity contribution in [2.45, 2.75) is 50.5 Å². The van der Waals surface area contributed by atoms with E-state index in [4.69, 9.17) is 11.6 Å². The highest BCUT2D eigenvalue weighted by Gasteiger charge is 2.26. The third-order valence-electron chi connectivity index (χ3n) is 3.81. The molecule has 1 aromatic carbocycles. The minimum atomic E-state index is -3.59. The highest BCUT2D eigenvalue weighted by Crippen LogP contribution is 2.25. The normalized spacial score (nSPS) is 17.0. The number of amides is 1. The summed E-state index contributed by atoms with van der Waals surface area (Å²) in [5.41, 5.74) is 0.191. The van der Waals surface area contributed by atoms with Crippen LogP contribution in [-0.2, 0) is 10.0 Å². The average molecular weight is 359 g/mol. The van der Waals surface area contributed by atoms with E-state index in [1.807, 2.05) is 13.8 Å². The Bertz CT molecular complexity index is 666. The van der Waals surface area contributed by atoms with Crippen LogP contribution in [0.1, 0.15) is 49.9 Å². The predicted octanol–water partition coefficient (Wildman–Crippen LogP) is 3.04. The van der Waals surface area contributed by atoms with Gasteiger partial charge in [-0.3, -0.25) is 4.79 Å². The van der Waals surface area contributed by atoms with Crippen molar-refractivity contribution in [1.29, 1.82) is 0 Å². The van der Waals surface area contributed by atoms with Crippen molar-refractivity contribution in [3.05, 3.63) is 28.8 Å². The number of hydrogen-bond acceptors (Lipinski definition) is 3. The number of halogens is 1. The molecular formula is C16H23ClN2O3S. The lowest BCUT2D eigenvalue weighted by Crippen LogP contribution is -2.33. The van der Waals surface area contributed by atoms with Crippen LogP contribution in [-0.4, -0.2) is 37.8 Å². The van der Waals surface area contributed by atoms with Gasteiger partial charge >= 0.3 is 0 Å². The standard InChI is InChI=1S/C16H23ClN2O3S/c1-12(2)18-16(20)14-11-13(7-8-15(14)17)23(21,22)19-9-5-3-4-6-10-19/h7-8,11-12H,3-6,9-10H2,1-2H3,(H,18,20). The van der Waals surface area contributed by atoms with Crippen molar-refractivity contribution >= 4 is 27.5 Å². The van der Waals surface area contributed by atoms with Crippen molar-refractivity contribution in [2.75, 3.05) is 13.1 Å². The van der Waals surface area contributed by atoms with Crippen LogP contribution in [0.5, 0.6) is 0 Å². The molecule has 0 aromatic heterocycles. The van der Waals surface area contributed by atoms with E-state index < -0.39 is 10.0 Å². The van der Waals surface area contributed by atoms with Gasteiger partial charge in [-0.05, 0) is 44.9 Å². The number of sulfonamides is 1. The van der Waals surface area contributed by atoms with Gasteiger partial charge in [0, 0.05) is 19.1 Å². The molecule has 0 radical (unpaired) electrons. The molecule has 1 fully saturated rings. The first-order chi connectivity index (χ1) is 10.8. The van der Waals surface area contributed by atoms with E-state index in [1.54, 1.807) is 0 Å². The smallest absolute Gasteiger partial charge is 0.253 e. The zero-order valence-electron chi connectivity index (χ0n) is 13.5. The Morgan fingerprint density at radius 2 is 1.78 bits per heavy atom. The van der Waals surface area contributed by atoms with Gasteiger partial charge in [0.15, 0.2) is 0 Å². The summed E-state index contributed by atoms with van der Waals surface area (Å²) in [4.78, 5) is 12.3. The zero-order valence-corrected chi connectivity index (χ0v) is 15.1. The van der Waals surface area contributed by atoms with Gasteiger partial charge in [-0.25, -0.2) is 8.42 Å². The van der Waals surface area contributed by atoms with Crippen LogP contribution in [0.15, 0.2) is 23.1 Å². The van der Waals surface area contributed by atoms with Crippen molar-refractivity contribution in [3.8, 4) is 0 Å². The molecule has 0 saturated carbocycles. The summed E-state index contributed by atoms with van der Waals surface area (Å²) >= 11 is 6.07. The summed E-state index contributed by atoms with van der Waals surface area (Å²) in [6.07, 6.45) is 3.84. The zero-order chi connectivity index (χ0) is 17.0. The van der Waals surface area contributed by atoms with Gasteiger partial charge in [0.25, 0.3) is 5.91 Å². The third kappa shape index (κ3) is 4.46. The molecular weight excluding hydrogens is 336 g/mol. The average Bonchev–Trinajstić information content (AvgIpc) is 2.76. The maximum Gasteiger partial charge on any atom is 0.253 e. The summed E-state index contributed by atoms with van der Waals surface area (Å²) in [6.45, 7) is 4.73. The van der Waals surface area contributed by atoms with Gasteiger partial charge < -0.3 is 5.32 Å². The second-order valence-corrected chi connectivity index (χ2v) is 8.43. The van der Waals surface area contributed by atoms with Crippen molar-refractivity contribution in [2.24, 2.45) is 0 Å². The van der Waals surface area contributed by atoms with Crippen LogP contribution < -0.4 is 5.32 Å². The molecule has 1 aliphatic rings. The lowest BCUT2D eigenvalue weighted by atomic mass is 10.2. The summed E-state index contributed by atoms with van der Waals surface area (Å²) in [5, 5.41) is 2.98. The molecule has 1 N–H and O–H groups in total. The number of rotatable bonds is 4. The van der Waals surface area contributed by atoms with E-state index >= 15 is 0 Å². The molecule has 1 aromatic rings. The summed E-state index contributed by atoms with van der Waals surface area (Å²) in [5.74, 6) is -0.363. The summed E-state index contributed by atoms with van der Waals surface area (Å²) < 4.78 is 27.1. The minimum Gasteiger partial charge on any atom is -0.350 e. The van der Waals surface area contributed by atoms with Crippen molar-refractivity contribution in [3.63, 3.8) is 0 Å². The first-order valence-electron chi connectivity index (χ1n) is 7.93. The summed E-state index contributed by atoms with van der Waals surface area (Å²) in [7, 11) is -3.59. The quantitative estimate of drug-likeness (QED) is 0.899. The molecule has 2 rings (SSSR count). The molecule has 1 aliphatic heterocycles. The molecule has 0 unspecified atom stereocenters. The molecule has 7 heteroatoms. The Kier molecular flexibility index (Phi) is 6.06. The van der Waals surface area contributed by atoms with E-state index in [9.17, 15) is 13.2 Å². The molecule has 1 saturated heterocycles. The van der Waals surface area contributed by atoms with E-state index in [1.165, 1.54) is 22.5 Å². The maximum atomic E-state index is 12.8. The van der Waals surface area contributed by atoms with Crippen molar-refractivity contribution in [1.82, 2.24) is 9.62 Å². The lowest BCUT2D eigenvalue weighted by Gasteiger charge is -2.20. The molecule has 0 spiro atoms.